The number of rotatable bonds is 6. The van der Waals surface area contributed by atoms with E-state index in [4.69, 9.17) is 20.2 Å². The first-order chi connectivity index (χ1) is 16.8. The fourth-order valence-electron chi connectivity index (χ4n) is 4.81. The highest BCUT2D eigenvalue weighted by atomic mass is 79.9. The predicted molar refractivity (Wildman–Crippen MR) is 135 cm³/mol. The number of nitrogen functional groups attached to an aromatic ring is 1. The molecule has 0 aliphatic carbocycles. The van der Waals surface area contributed by atoms with Crippen LogP contribution >= 0.6 is 27.7 Å². The number of fused-ring (bicyclic) bond motifs is 2. The van der Waals surface area contributed by atoms with E-state index in [1.54, 1.807) is 4.90 Å². The molecule has 1 saturated heterocycles. The van der Waals surface area contributed by atoms with E-state index in [2.05, 4.69) is 44.3 Å². The van der Waals surface area contributed by atoms with Crippen LogP contribution in [0, 0.1) is 11.8 Å². The Morgan fingerprint density at radius 3 is 2.83 bits per heavy atom. The van der Waals surface area contributed by atoms with Gasteiger partial charge < -0.3 is 29.8 Å². The van der Waals surface area contributed by atoms with Crippen molar-refractivity contribution in [2.45, 2.75) is 55.7 Å². The average Bonchev–Trinajstić information content (AvgIpc) is 3.42. The number of aryl methyl sites for hydroxylation is 1. The van der Waals surface area contributed by atoms with Crippen LogP contribution in [0.25, 0.3) is 11.2 Å². The number of amides is 1. The topological polar surface area (TPSA) is 129 Å². The van der Waals surface area contributed by atoms with Gasteiger partial charge in [0.1, 0.15) is 6.33 Å². The zero-order chi connectivity index (χ0) is 24.7. The van der Waals surface area contributed by atoms with Crippen LogP contribution in [0.15, 0.2) is 33.0 Å². The van der Waals surface area contributed by atoms with Crippen LogP contribution in [0.3, 0.4) is 0 Å². The fourth-order valence-corrected chi connectivity index (χ4v) is 6.32. The molecule has 4 heterocycles. The summed E-state index contributed by atoms with van der Waals surface area (Å²) >= 11 is 5.13. The highest BCUT2D eigenvalue weighted by molar-refractivity contribution is 9.10. The number of benzene rings is 1. The second-order valence-corrected chi connectivity index (χ2v) is 11.0. The number of carboxylic acid groups (broad SMARTS) is 1. The van der Waals surface area contributed by atoms with Crippen molar-refractivity contribution in [3.05, 3.63) is 22.9 Å². The van der Waals surface area contributed by atoms with Crippen LogP contribution in [-0.2, 0) is 6.54 Å². The number of aromatic nitrogens is 4. The third kappa shape index (κ3) is 4.73. The Morgan fingerprint density at radius 1 is 1.31 bits per heavy atom. The maximum Gasteiger partial charge on any atom is 0.407 e. The van der Waals surface area contributed by atoms with Gasteiger partial charge in [-0.15, -0.1) is 0 Å². The Labute approximate surface area is 215 Å². The average molecular weight is 563 g/mol. The van der Waals surface area contributed by atoms with E-state index in [0.717, 1.165) is 33.8 Å². The van der Waals surface area contributed by atoms with Crippen LogP contribution < -0.4 is 15.2 Å². The molecular formula is C23H27BrN6O4S. The van der Waals surface area contributed by atoms with Gasteiger partial charge in [-0.2, -0.15) is 0 Å². The van der Waals surface area contributed by atoms with Crippen molar-refractivity contribution in [2.24, 2.45) is 11.8 Å². The molecule has 3 aromatic rings. The van der Waals surface area contributed by atoms with Crippen molar-refractivity contribution in [1.29, 1.82) is 0 Å². The lowest BCUT2D eigenvalue weighted by Crippen LogP contribution is -2.48. The summed E-state index contributed by atoms with van der Waals surface area (Å²) in [5.74, 6) is 2.42. The highest BCUT2D eigenvalue weighted by Crippen LogP contribution is 2.43. The lowest BCUT2D eigenvalue weighted by Gasteiger charge is -2.40. The number of imidazole rings is 1. The summed E-state index contributed by atoms with van der Waals surface area (Å²) in [7, 11) is 0. The molecule has 0 radical (unpaired) electrons. The molecule has 186 valence electrons. The van der Waals surface area contributed by atoms with Crippen LogP contribution in [0.1, 0.15) is 33.1 Å². The highest BCUT2D eigenvalue weighted by Gasteiger charge is 2.33. The number of ether oxygens (including phenoxy) is 2. The molecular weight excluding hydrogens is 536 g/mol. The first-order valence-electron chi connectivity index (χ1n) is 11.5. The van der Waals surface area contributed by atoms with E-state index in [-0.39, 0.29) is 18.8 Å². The number of nitrogens with two attached hydrogens (primary N) is 1. The van der Waals surface area contributed by atoms with Crippen LogP contribution in [-0.4, -0.2) is 55.0 Å². The first-order valence-corrected chi connectivity index (χ1v) is 13.2. The van der Waals surface area contributed by atoms with Crippen molar-refractivity contribution >= 4 is 50.8 Å². The Kier molecular flexibility index (Phi) is 6.67. The van der Waals surface area contributed by atoms with Gasteiger partial charge in [-0.05, 0) is 59.2 Å². The van der Waals surface area contributed by atoms with Crippen molar-refractivity contribution in [3.8, 4) is 11.5 Å². The maximum atomic E-state index is 11.7. The lowest BCUT2D eigenvalue weighted by atomic mass is 9.84. The molecule has 10 nitrogen and oxygen atoms in total. The SMILES string of the molecule is CC(C)[C@H]1C[C@H](CCn2c(Sc3cc4c(cc3Br)OCO4)nc3c(N)ncnc32)CCN1C(=O)O. The monoisotopic (exact) mass is 562 g/mol. The van der Waals surface area contributed by atoms with Crippen LogP contribution in [0.4, 0.5) is 10.6 Å². The molecule has 2 aliphatic heterocycles. The molecule has 0 unspecified atom stereocenters. The molecule has 2 aromatic heterocycles. The van der Waals surface area contributed by atoms with Gasteiger partial charge in [0.25, 0.3) is 0 Å². The molecule has 35 heavy (non-hydrogen) atoms. The normalized spacial score (nSPS) is 19.6. The number of anilines is 1. The molecule has 0 saturated carbocycles. The van der Waals surface area contributed by atoms with E-state index in [1.807, 2.05) is 12.1 Å². The van der Waals surface area contributed by atoms with Gasteiger partial charge >= 0.3 is 6.09 Å². The third-order valence-electron chi connectivity index (χ3n) is 6.68. The van der Waals surface area contributed by atoms with Gasteiger partial charge in [0, 0.05) is 28.5 Å². The first kappa shape index (κ1) is 24.0. The van der Waals surface area contributed by atoms with Crippen LogP contribution in [0.2, 0.25) is 0 Å². The Hall–Kier alpha value is -2.73. The van der Waals surface area contributed by atoms with E-state index in [0.29, 0.717) is 47.5 Å². The summed E-state index contributed by atoms with van der Waals surface area (Å²) < 4.78 is 14.0. The summed E-state index contributed by atoms with van der Waals surface area (Å²) in [6, 6.07) is 3.86. The Bertz CT molecular complexity index is 1270. The van der Waals surface area contributed by atoms with Crippen molar-refractivity contribution in [2.75, 3.05) is 19.1 Å². The number of piperidine rings is 1. The van der Waals surface area contributed by atoms with Crippen molar-refractivity contribution in [3.63, 3.8) is 0 Å². The zero-order valence-corrected chi connectivity index (χ0v) is 21.9. The molecule has 2 atom stereocenters. The molecule has 5 rings (SSSR count). The number of hydrogen-bond acceptors (Lipinski definition) is 8. The molecule has 1 aromatic carbocycles. The summed E-state index contributed by atoms with van der Waals surface area (Å²) in [4.78, 5) is 27.6. The number of carbonyl (C=O) groups is 1. The smallest absolute Gasteiger partial charge is 0.407 e. The lowest BCUT2D eigenvalue weighted by molar-refractivity contribution is 0.0681. The second kappa shape index (κ2) is 9.73. The maximum absolute atomic E-state index is 11.7. The molecule has 1 fully saturated rings. The summed E-state index contributed by atoms with van der Waals surface area (Å²) in [5.41, 5.74) is 7.40. The standard InChI is InChI=1S/C23H27BrN6O4S/c1-12(2)15-7-13(3-5-29(15)23(31)32)4-6-30-21-19(20(25)26-10-27-21)28-22(30)35-18-9-17-16(8-14(18)24)33-11-34-17/h8-10,12-13,15H,3-7,11H2,1-2H3,(H,31,32)(H2,25,26,27)/t13-,15+/m0/s1. The second-order valence-electron chi connectivity index (χ2n) is 9.18. The third-order valence-corrected chi connectivity index (χ3v) is 8.65. The zero-order valence-electron chi connectivity index (χ0n) is 19.5. The number of hydrogen-bond donors (Lipinski definition) is 2. The number of nitrogens with zero attached hydrogens (tertiary/aromatic N) is 5. The minimum atomic E-state index is -0.831. The summed E-state index contributed by atoms with van der Waals surface area (Å²) in [6.45, 7) is 5.64. The van der Waals surface area contributed by atoms with E-state index >= 15 is 0 Å². The molecule has 12 heteroatoms. The Morgan fingerprint density at radius 2 is 2.09 bits per heavy atom. The van der Waals surface area contributed by atoms with Gasteiger partial charge in [-0.1, -0.05) is 25.6 Å². The summed E-state index contributed by atoms with van der Waals surface area (Å²) in [6.07, 6.45) is 3.21. The predicted octanol–water partition coefficient (Wildman–Crippen LogP) is 4.86. The van der Waals surface area contributed by atoms with E-state index in [9.17, 15) is 9.90 Å². The molecule has 0 bridgehead atoms. The van der Waals surface area contributed by atoms with Gasteiger partial charge in [-0.3, -0.25) is 0 Å². The van der Waals surface area contributed by atoms with Gasteiger partial charge in [0.15, 0.2) is 33.6 Å². The van der Waals surface area contributed by atoms with Gasteiger partial charge in [0.2, 0.25) is 6.79 Å². The minimum Gasteiger partial charge on any atom is -0.465 e. The number of likely N-dealkylation sites (tertiary alicyclic amines) is 1. The Balaban J connectivity index is 1.41. The molecule has 0 spiro atoms. The van der Waals surface area contributed by atoms with Crippen molar-refractivity contribution in [1.82, 2.24) is 24.4 Å². The quantitative estimate of drug-likeness (QED) is 0.432. The summed E-state index contributed by atoms with van der Waals surface area (Å²) in [5, 5.41) is 10.3. The number of halogens is 1. The minimum absolute atomic E-state index is 0.0298. The van der Waals surface area contributed by atoms with E-state index < -0.39 is 6.09 Å². The molecule has 2 aliphatic rings. The van der Waals surface area contributed by atoms with E-state index in [1.165, 1.54) is 18.1 Å². The fraction of sp³-hybridized carbons (Fsp3) is 0.478. The molecule has 1 amide bonds. The molecule has 3 N–H and O–H groups in total. The van der Waals surface area contributed by atoms with Crippen molar-refractivity contribution < 1.29 is 19.4 Å². The van der Waals surface area contributed by atoms with Gasteiger partial charge in [-0.25, -0.2) is 19.7 Å². The van der Waals surface area contributed by atoms with Crippen LogP contribution in [0.5, 0.6) is 11.5 Å². The van der Waals surface area contributed by atoms with Gasteiger partial charge in [0.05, 0.1) is 0 Å². The largest absolute Gasteiger partial charge is 0.465 e.